The summed E-state index contributed by atoms with van der Waals surface area (Å²) in [4.78, 5) is 0. The van der Waals surface area contributed by atoms with E-state index in [2.05, 4.69) is 22.6 Å². The van der Waals surface area contributed by atoms with E-state index in [0.29, 0.717) is 5.75 Å². The van der Waals surface area contributed by atoms with Gasteiger partial charge in [0.2, 0.25) is 0 Å². The Bertz CT molecular complexity index is 320. The van der Waals surface area contributed by atoms with E-state index in [-0.39, 0.29) is 5.54 Å². The number of phenolic OH excluding ortho intramolecular Hbond substituents is 1. The summed E-state index contributed by atoms with van der Waals surface area (Å²) in [6, 6.07) is 5.72. The molecule has 12 heavy (non-hydrogen) atoms. The van der Waals surface area contributed by atoms with E-state index in [4.69, 9.17) is 5.73 Å². The van der Waals surface area contributed by atoms with Crippen molar-refractivity contribution in [1.29, 1.82) is 0 Å². The van der Waals surface area contributed by atoms with E-state index in [9.17, 15) is 5.11 Å². The Hall–Kier alpha value is -0.290. The van der Waals surface area contributed by atoms with E-state index in [1.807, 2.05) is 18.2 Å². The van der Waals surface area contributed by atoms with Crippen molar-refractivity contribution in [2.45, 2.75) is 18.4 Å². The molecule has 2 nitrogen and oxygen atoms in total. The largest absolute Gasteiger partial charge is 0.506 e. The van der Waals surface area contributed by atoms with Crippen LogP contribution >= 0.6 is 22.6 Å². The molecular weight excluding hydrogens is 265 g/mol. The summed E-state index contributed by atoms with van der Waals surface area (Å²) in [5, 5.41) is 9.69. The SMILES string of the molecule is NC1(c2cccc(I)c2O)CC1. The van der Waals surface area contributed by atoms with Gasteiger partial charge in [-0.3, -0.25) is 0 Å². The van der Waals surface area contributed by atoms with Gasteiger partial charge < -0.3 is 10.8 Å². The summed E-state index contributed by atoms with van der Waals surface area (Å²) in [6.45, 7) is 0. The van der Waals surface area contributed by atoms with Gasteiger partial charge in [0.1, 0.15) is 5.75 Å². The molecule has 3 heteroatoms. The highest BCUT2D eigenvalue weighted by Crippen LogP contribution is 2.46. The number of benzene rings is 1. The van der Waals surface area contributed by atoms with Crippen molar-refractivity contribution in [3.8, 4) is 5.75 Å². The highest BCUT2D eigenvalue weighted by atomic mass is 127. The van der Waals surface area contributed by atoms with E-state index in [0.717, 1.165) is 22.0 Å². The van der Waals surface area contributed by atoms with Gasteiger partial charge >= 0.3 is 0 Å². The third-order valence-corrected chi connectivity index (χ3v) is 3.18. The molecule has 2 rings (SSSR count). The van der Waals surface area contributed by atoms with Crippen LogP contribution in [0.3, 0.4) is 0 Å². The summed E-state index contributed by atoms with van der Waals surface area (Å²) in [7, 11) is 0. The van der Waals surface area contributed by atoms with Crippen LogP contribution in [0.1, 0.15) is 18.4 Å². The predicted molar refractivity (Wildman–Crippen MR) is 55.9 cm³/mol. The fourth-order valence-electron chi connectivity index (χ4n) is 1.32. The van der Waals surface area contributed by atoms with Gasteiger partial charge in [0, 0.05) is 11.1 Å². The molecule has 1 aromatic rings. The Balaban J connectivity index is 2.51. The van der Waals surface area contributed by atoms with E-state index >= 15 is 0 Å². The molecule has 1 aliphatic rings. The number of halogens is 1. The second-order valence-corrected chi connectivity index (χ2v) is 4.45. The summed E-state index contributed by atoms with van der Waals surface area (Å²) in [5.41, 5.74) is 6.64. The van der Waals surface area contributed by atoms with Crippen molar-refractivity contribution in [3.05, 3.63) is 27.3 Å². The Labute approximate surface area is 84.9 Å². The topological polar surface area (TPSA) is 46.2 Å². The molecule has 1 fully saturated rings. The minimum absolute atomic E-state index is 0.231. The van der Waals surface area contributed by atoms with Crippen LogP contribution in [0.15, 0.2) is 18.2 Å². The third-order valence-electron chi connectivity index (χ3n) is 2.31. The molecule has 0 amide bonds. The number of para-hydroxylation sites is 1. The molecule has 1 aromatic carbocycles. The minimum atomic E-state index is -0.231. The molecular formula is C9H10INO. The molecule has 0 aromatic heterocycles. The van der Waals surface area contributed by atoms with Crippen LogP contribution in [0.5, 0.6) is 5.75 Å². The van der Waals surface area contributed by atoms with Gasteiger partial charge in [-0.25, -0.2) is 0 Å². The van der Waals surface area contributed by atoms with Crippen molar-refractivity contribution in [3.63, 3.8) is 0 Å². The van der Waals surface area contributed by atoms with Crippen LogP contribution in [-0.4, -0.2) is 5.11 Å². The molecule has 0 bridgehead atoms. The second-order valence-electron chi connectivity index (χ2n) is 3.29. The number of hydrogen-bond acceptors (Lipinski definition) is 2. The van der Waals surface area contributed by atoms with Crippen molar-refractivity contribution < 1.29 is 5.11 Å². The van der Waals surface area contributed by atoms with Gasteiger partial charge in [0.05, 0.1) is 3.57 Å². The second kappa shape index (κ2) is 2.60. The van der Waals surface area contributed by atoms with E-state index in [1.54, 1.807) is 0 Å². The third kappa shape index (κ3) is 1.21. The lowest BCUT2D eigenvalue weighted by atomic mass is 10.1. The number of hydrogen-bond donors (Lipinski definition) is 2. The van der Waals surface area contributed by atoms with Gasteiger partial charge in [-0.15, -0.1) is 0 Å². The first kappa shape index (κ1) is 8.31. The summed E-state index contributed by atoms with van der Waals surface area (Å²) in [6.07, 6.45) is 1.97. The molecule has 0 atom stereocenters. The average Bonchev–Trinajstić information content (AvgIpc) is 2.75. The zero-order valence-corrected chi connectivity index (χ0v) is 8.71. The van der Waals surface area contributed by atoms with Crippen molar-refractivity contribution in [2.24, 2.45) is 5.73 Å². The molecule has 0 saturated heterocycles. The van der Waals surface area contributed by atoms with Crippen LogP contribution in [-0.2, 0) is 5.54 Å². The molecule has 0 unspecified atom stereocenters. The molecule has 3 N–H and O–H groups in total. The zero-order chi connectivity index (χ0) is 8.77. The molecule has 1 saturated carbocycles. The number of phenols is 1. The maximum Gasteiger partial charge on any atom is 0.133 e. The van der Waals surface area contributed by atoms with Gasteiger partial charge in [-0.05, 0) is 41.5 Å². The summed E-state index contributed by atoms with van der Waals surface area (Å²) in [5.74, 6) is 0.359. The van der Waals surface area contributed by atoms with Crippen molar-refractivity contribution in [2.75, 3.05) is 0 Å². The molecule has 0 heterocycles. The normalized spacial score (nSPS) is 19.2. The Morgan fingerprint density at radius 1 is 1.42 bits per heavy atom. The quantitative estimate of drug-likeness (QED) is 0.769. The minimum Gasteiger partial charge on any atom is -0.506 e. The summed E-state index contributed by atoms with van der Waals surface area (Å²) < 4.78 is 0.877. The van der Waals surface area contributed by atoms with Crippen LogP contribution in [0.4, 0.5) is 0 Å². The Morgan fingerprint density at radius 2 is 2.08 bits per heavy atom. The van der Waals surface area contributed by atoms with Gasteiger partial charge in [-0.2, -0.15) is 0 Å². The van der Waals surface area contributed by atoms with Gasteiger partial charge in [0.25, 0.3) is 0 Å². The highest BCUT2D eigenvalue weighted by Gasteiger charge is 2.42. The summed E-state index contributed by atoms with van der Waals surface area (Å²) >= 11 is 2.11. The van der Waals surface area contributed by atoms with Crippen LogP contribution < -0.4 is 5.73 Å². The lowest BCUT2D eigenvalue weighted by Crippen LogP contribution is -2.18. The van der Waals surface area contributed by atoms with E-state index < -0.39 is 0 Å². The Morgan fingerprint density at radius 3 is 2.67 bits per heavy atom. The fourth-order valence-corrected chi connectivity index (χ4v) is 1.82. The molecule has 64 valence electrons. The number of aromatic hydroxyl groups is 1. The van der Waals surface area contributed by atoms with Crippen LogP contribution in [0.25, 0.3) is 0 Å². The molecule has 1 aliphatic carbocycles. The predicted octanol–water partition coefficient (Wildman–Crippen LogP) is 1.94. The number of nitrogens with two attached hydrogens (primary N) is 1. The number of rotatable bonds is 1. The molecule has 0 spiro atoms. The maximum atomic E-state index is 9.69. The van der Waals surface area contributed by atoms with Crippen LogP contribution in [0, 0.1) is 3.57 Å². The first-order valence-electron chi connectivity index (χ1n) is 3.90. The maximum absolute atomic E-state index is 9.69. The monoisotopic (exact) mass is 275 g/mol. The van der Waals surface area contributed by atoms with E-state index in [1.165, 1.54) is 0 Å². The zero-order valence-electron chi connectivity index (χ0n) is 6.55. The highest BCUT2D eigenvalue weighted by molar-refractivity contribution is 14.1. The smallest absolute Gasteiger partial charge is 0.133 e. The lowest BCUT2D eigenvalue weighted by Gasteiger charge is -2.11. The lowest BCUT2D eigenvalue weighted by molar-refractivity contribution is 0.456. The fraction of sp³-hybridized carbons (Fsp3) is 0.333. The molecule has 0 radical (unpaired) electrons. The van der Waals surface area contributed by atoms with Crippen molar-refractivity contribution >= 4 is 22.6 Å². The standard InChI is InChI=1S/C9H10INO/c10-7-3-1-2-6(8(7)12)9(11)4-5-9/h1-3,12H,4-5,11H2. The van der Waals surface area contributed by atoms with Crippen molar-refractivity contribution in [1.82, 2.24) is 0 Å². The van der Waals surface area contributed by atoms with Gasteiger partial charge in [0.15, 0.2) is 0 Å². The van der Waals surface area contributed by atoms with Gasteiger partial charge in [-0.1, -0.05) is 12.1 Å². The first-order valence-corrected chi connectivity index (χ1v) is 4.98. The first-order chi connectivity index (χ1) is 5.63. The average molecular weight is 275 g/mol. The Kier molecular flexibility index (Phi) is 1.80. The van der Waals surface area contributed by atoms with Crippen LogP contribution in [0.2, 0.25) is 0 Å². The molecule has 0 aliphatic heterocycles.